The first kappa shape index (κ1) is 23.2. The second-order valence-corrected chi connectivity index (χ2v) is 7.44. The summed E-state index contributed by atoms with van der Waals surface area (Å²) in [4.78, 5) is 27.3. The highest BCUT2D eigenvalue weighted by Gasteiger charge is 2.34. The van der Waals surface area contributed by atoms with Gasteiger partial charge in [0.05, 0.1) is 5.56 Å². The van der Waals surface area contributed by atoms with Crippen LogP contribution in [0.1, 0.15) is 42.6 Å². The Morgan fingerprint density at radius 1 is 1.26 bits per heavy atom. The average Bonchev–Trinajstić information content (AvgIpc) is 2.98. The van der Waals surface area contributed by atoms with Crippen molar-refractivity contribution in [2.75, 3.05) is 31.6 Å². The Bertz CT molecular complexity index is 708. The highest BCUT2D eigenvalue weighted by atomic mass is 35.5. The van der Waals surface area contributed by atoms with E-state index in [1.165, 1.54) is 22.9 Å². The molecule has 1 aromatic rings. The Kier molecular flexibility index (Phi) is 7.30. The molecular weight excluding hydrogens is 383 g/mol. The van der Waals surface area contributed by atoms with E-state index >= 15 is 0 Å². The summed E-state index contributed by atoms with van der Waals surface area (Å²) in [5.41, 5.74) is 4.38. The summed E-state index contributed by atoms with van der Waals surface area (Å²) in [6, 6.07) is 3.11. The lowest BCUT2D eigenvalue weighted by molar-refractivity contribution is -0.137. The van der Waals surface area contributed by atoms with Crippen LogP contribution in [0.25, 0.3) is 0 Å². The molecule has 0 spiro atoms. The number of nitrogens with zero attached hydrogens (tertiary/aromatic N) is 2. The summed E-state index contributed by atoms with van der Waals surface area (Å²) in [5, 5.41) is 0. The zero-order chi connectivity index (χ0) is 19.7. The van der Waals surface area contributed by atoms with E-state index in [2.05, 4.69) is 0 Å². The van der Waals surface area contributed by atoms with Crippen molar-refractivity contribution in [3.05, 3.63) is 29.3 Å². The monoisotopic (exact) mass is 407 g/mol. The number of halogens is 4. The maximum atomic E-state index is 13.3. The van der Waals surface area contributed by atoms with Crippen molar-refractivity contribution in [3.8, 4) is 0 Å². The van der Waals surface area contributed by atoms with Gasteiger partial charge < -0.3 is 15.5 Å². The Morgan fingerprint density at radius 2 is 1.89 bits per heavy atom. The van der Waals surface area contributed by atoms with Crippen LogP contribution in [0.5, 0.6) is 0 Å². The molecule has 2 amide bonds. The predicted octanol–water partition coefficient (Wildman–Crippen LogP) is 3.31. The molecule has 1 aliphatic rings. The smallest absolute Gasteiger partial charge is 0.341 e. The summed E-state index contributed by atoms with van der Waals surface area (Å²) >= 11 is 0. The van der Waals surface area contributed by atoms with Crippen molar-refractivity contribution in [1.29, 1.82) is 0 Å². The topological polar surface area (TPSA) is 66.6 Å². The normalized spacial score (nSPS) is 14.9. The van der Waals surface area contributed by atoms with Gasteiger partial charge in [0.25, 0.3) is 5.91 Å². The van der Waals surface area contributed by atoms with E-state index in [1.54, 1.807) is 0 Å². The fourth-order valence-electron chi connectivity index (χ4n) is 2.97. The van der Waals surface area contributed by atoms with Gasteiger partial charge in [-0.25, -0.2) is 0 Å². The van der Waals surface area contributed by atoms with E-state index in [0.717, 1.165) is 12.1 Å². The number of amides is 2. The first-order valence-corrected chi connectivity index (χ1v) is 8.43. The van der Waals surface area contributed by atoms with Gasteiger partial charge in [-0.1, -0.05) is 13.8 Å². The van der Waals surface area contributed by atoms with Crippen LogP contribution in [-0.2, 0) is 11.0 Å². The molecule has 0 unspecified atom stereocenters. The van der Waals surface area contributed by atoms with Crippen molar-refractivity contribution in [2.45, 2.75) is 32.9 Å². The third-order valence-corrected chi connectivity index (χ3v) is 4.44. The molecule has 0 saturated carbocycles. The van der Waals surface area contributed by atoms with Gasteiger partial charge in [0.15, 0.2) is 0 Å². The average molecular weight is 408 g/mol. The van der Waals surface area contributed by atoms with Crippen LogP contribution in [0.3, 0.4) is 0 Å². The molecular formula is C18H25ClF3N3O2. The molecule has 0 bridgehead atoms. The van der Waals surface area contributed by atoms with Gasteiger partial charge in [-0.15, -0.1) is 12.4 Å². The number of anilines is 1. The minimum absolute atomic E-state index is 0. The number of carbonyl (C=O) groups excluding carboxylic acids is 2. The minimum atomic E-state index is -4.61. The lowest BCUT2D eigenvalue weighted by Crippen LogP contribution is -2.40. The maximum absolute atomic E-state index is 13.3. The molecule has 1 fully saturated rings. The summed E-state index contributed by atoms with van der Waals surface area (Å²) in [6.07, 6.45) is -3.73. The van der Waals surface area contributed by atoms with E-state index in [-0.39, 0.29) is 35.0 Å². The molecule has 1 heterocycles. The quantitative estimate of drug-likeness (QED) is 0.814. The second-order valence-electron chi connectivity index (χ2n) is 7.44. The van der Waals surface area contributed by atoms with E-state index in [9.17, 15) is 22.8 Å². The first-order valence-electron chi connectivity index (χ1n) is 8.43. The summed E-state index contributed by atoms with van der Waals surface area (Å²) < 4.78 is 39.8. The molecule has 152 valence electrons. The fourth-order valence-corrected chi connectivity index (χ4v) is 2.97. The lowest BCUT2D eigenvalue weighted by Gasteiger charge is -2.29. The Balaban J connectivity index is 0.00000364. The number of hydrogen-bond donors (Lipinski definition) is 1. The van der Waals surface area contributed by atoms with Crippen molar-refractivity contribution in [2.24, 2.45) is 11.1 Å². The Hall–Kier alpha value is -1.80. The number of hydrogen-bond acceptors (Lipinski definition) is 3. The van der Waals surface area contributed by atoms with Gasteiger partial charge in [0.1, 0.15) is 0 Å². The van der Waals surface area contributed by atoms with Crippen LogP contribution in [0, 0.1) is 5.41 Å². The largest absolute Gasteiger partial charge is 0.416 e. The molecule has 2 rings (SSSR count). The van der Waals surface area contributed by atoms with Gasteiger partial charge in [-0.2, -0.15) is 13.2 Å². The number of carbonyl (C=O) groups is 2. The van der Waals surface area contributed by atoms with Crippen molar-refractivity contribution >= 4 is 29.9 Å². The zero-order valence-electron chi connectivity index (χ0n) is 15.6. The predicted molar refractivity (Wildman–Crippen MR) is 100 cm³/mol. The van der Waals surface area contributed by atoms with E-state index < -0.39 is 17.6 Å². The van der Waals surface area contributed by atoms with Crippen LogP contribution >= 0.6 is 12.4 Å². The third kappa shape index (κ3) is 5.59. The Labute approximate surface area is 163 Å². The molecule has 27 heavy (non-hydrogen) atoms. The summed E-state index contributed by atoms with van der Waals surface area (Å²) in [6.45, 7) is 4.73. The molecule has 1 aliphatic heterocycles. The van der Waals surface area contributed by atoms with Gasteiger partial charge in [-0.05, 0) is 36.6 Å². The van der Waals surface area contributed by atoms with Gasteiger partial charge in [0, 0.05) is 37.8 Å². The van der Waals surface area contributed by atoms with E-state index in [0.29, 0.717) is 32.5 Å². The summed E-state index contributed by atoms with van der Waals surface area (Å²) in [5.74, 6) is -0.772. The summed E-state index contributed by atoms with van der Waals surface area (Å²) in [7, 11) is 1.53. The molecule has 5 nitrogen and oxygen atoms in total. The number of nitrogens with two attached hydrogens (primary N) is 1. The highest BCUT2D eigenvalue weighted by Crippen LogP contribution is 2.34. The third-order valence-electron chi connectivity index (χ3n) is 4.44. The number of benzene rings is 1. The van der Waals surface area contributed by atoms with Crippen LogP contribution in [-0.4, -0.2) is 43.4 Å². The maximum Gasteiger partial charge on any atom is 0.416 e. The van der Waals surface area contributed by atoms with Crippen LogP contribution in [0.4, 0.5) is 18.9 Å². The van der Waals surface area contributed by atoms with Crippen molar-refractivity contribution in [1.82, 2.24) is 4.90 Å². The first-order chi connectivity index (χ1) is 11.9. The molecule has 0 radical (unpaired) electrons. The highest BCUT2D eigenvalue weighted by molar-refractivity contribution is 5.99. The molecule has 9 heteroatoms. The van der Waals surface area contributed by atoms with Crippen molar-refractivity contribution in [3.63, 3.8) is 0 Å². The number of rotatable bonds is 5. The molecule has 0 atom stereocenters. The molecule has 0 aromatic heterocycles. The lowest BCUT2D eigenvalue weighted by atomic mass is 9.93. The van der Waals surface area contributed by atoms with E-state index in [4.69, 9.17) is 5.73 Å². The van der Waals surface area contributed by atoms with Crippen LogP contribution in [0.15, 0.2) is 18.2 Å². The number of alkyl halides is 3. The van der Waals surface area contributed by atoms with Crippen molar-refractivity contribution < 1.29 is 22.8 Å². The van der Waals surface area contributed by atoms with Crippen LogP contribution < -0.4 is 10.6 Å². The molecule has 0 aliphatic carbocycles. The Morgan fingerprint density at radius 3 is 2.37 bits per heavy atom. The zero-order valence-corrected chi connectivity index (χ0v) is 16.4. The van der Waals surface area contributed by atoms with E-state index in [1.807, 2.05) is 13.8 Å². The van der Waals surface area contributed by atoms with Gasteiger partial charge in [0.2, 0.25) is 5.91 Å². The van der Waals surface area contributed by atoms with Gasteiger partial charge >= 0.3 is 6.18 Å². The molecule has 2 N–H and O–H groups in total. The fraction of sp³-hybridized carbons (Fsp3) is 0.556. The second kappa shape index (κ2) is 8.48. The van der Waals surface area contributed by atoms with Gasteiger partial charge in [-0.3, -0.25) is 9.59 Å². The molecule has 1 saturated heterocycles. The standard InChI is InChI=1S/C18H24F3N3O2.ClH/c1-17(2,10-22)11-23(3)16(26)12-7-13(18(19,20)21)9-14(8-12)24-6-4-5-15(24)25;/h7-9H,4-6,10-11,22H2,1-3H3;1H. The minimum Gasteiger partial charge on any atom is -0.341 e. The van der Waals surface area contributed by atoms with Crippen LogP contribution in [0.2, 0.25) is 0 Å². The SMILES string of the molecule is CN(CC(C)(C)CN)C(=O)c1cc(N2CCCC2=O)cc(C(F)(F)F)c1.Cl. The molecule has 1 aromatic carbocycles.